The van der Waals surface area contributed by atoms with Crippen LogP contribution in [-0.4, -0.2) is 19.1 Å². The third kappa shape index (κ3) is 4.17. The van der Waals surface area contributed by atoms with Crippen LogP contribution in [0.5, 0.6) is 11.5 Å². The van der Waals surface area contributed by atoms with Gasteiger partial charge >= 0.3 is 6.18 Å². The maximum atomic E-state index is 12.6. The fourth-order valence-electron chi connectivity index (χ4n) is 2.37. The molecule has 0 radical (unpaired) electrons. The quantitative estimate of drug-likeness (QED) is 0.874. The van der Waals surface area contributed by atoms with Gasteiger partial charge in [0.05, 0.1) is 22.7 Å². The second-order valence-corrected chi connectivity index (χ2v) is 5.80. The number of ether oxygens (including phenoxy) is 2. The second-order valence-electron chi connectivity index (χ2n) is 5.40. The minimum Gasteiger partial charge on any atom is -0.486 e. The molecule has 1 aliphatic rings. The van der Waals surface area contributed by atoms with Gasteiger partial charge in [-0.2, -0.15) is 13.2 Å². The Kier molecular flexibility index (Phi) is 4.76. The van der Waals surface area contributed by atoms with Crippen molar-refractivity contribution in [3.63, 3.8) is 0 Å². The Balaban J connectivity index is 1.68. The highest BCUT2D eigenvalue weighted by Crippen LogP contribution is 2.34. The number of anilines is 1. The summed E-state index contributed by atoms with van der Waals surface area (Å²) < 4.78 is 48.7. The van der Waals surface area contributed by atoms with Crippen molar-refractivity contribution in [2.45, 2.75) is 12.6 Å². The van der Waals surface area contributed by atoms with Crippen LogP contribution >= 0.6 is 11.6 Å². The predicted octanol–water partition coefficient (Wildman–Crippen LogP) is 4.31. The van der Waals surface area contributed by atoms with E-state index >= 15 is 0 Å². The van der Waals surface area contributed by atoms with Crippen molar-refractivity contribution < 1.29 is 27.4 Å². The molecule has 2 aromatic carbocycles. The van der Waals surface area contributed by atoms with Crippen LogP contribution in [0, 0.1) is 0 Å². The first-order valence-corrected chi connectivity index (χ1v) is 7.76. The van der Waals surface area contributed by atoms with Gasteiger partial charge in [-0.05, 0) is 35.9 Å². The molecule has 0 unspecified atom stereocenters. The SMILES string of the molecule is O=C(Cc1ccc2c(c1)OCCO2)Nc1ccc(C(F)(F)F)cc1Cl. The van der Waals surface area contributed by atoms with Crippen molar-refractivity contribution in [2.75, 3.05) is 18.5 Å². The van der Waals surface area contributed by atoms with E-state index in [1.54, 1.807) is 18.2 Å². The van der Waals surface area contributed by atoms with Gasteiger partial charge in [0, 0.05) is 0 Å². The lowest BCUT2D eigenvalue weighted by atomic mass is 10.1. The summed E-state index contributed by atoms with van der Waals surface area (Å²) in [4.78, 5) is 12.1. The highest BCUT2D eigenvalue weighted by Gasteiger charge is 2.31. The molecular formula is C17H13ClF3NO3. The van der Waals surface area contributed by atoms with E-state index in [0.29, 0.717) is 30.3 Å². The zero-order valence-corrected chi connectivity index (χ0v) is 13.6. The summed E-state index contributed by atoms with van der Waals surface area (Å²) in [7, 11) is 0. The first-order chi connectivity index (χ1) is 11.8. The lowest BCUT2D eigenvalue weighted by molar-refractivity contribution is -0.137. The minimum absolute atomic E-state index is 0.0218. The van der Waals surface area contributed by atoms with E-state index in [2.05, 4.69) is 5.32 Å². The Morgan fingerprint density at radius 3 is 2.48 bits per heavy atom. The number of alkyl halides is 3. The lowest BCUT2D eigenvalue weighted by Crippen LogP contribution is -2.17. The van der Waals surface area contributed by atoms with E-state index in [9.17, 15) is 18.0 Å². The van der Waals surface area contributed by atoms with Gasteiger partial charge in [0.15, 0.2) is 11.5 Å². The van der Waals surface area contributed by atoms with Crippen molar-refractivity contribution in [1.29, 1.82) is 0 Å². The third-order valence-electron chi connectivity index (χ3n) is 3.54. The van der Waals surface area contributed by atoms with Gasteiger partial charge in [0.1, 0.15) is 13.2 Å². The maximum absolute atomic E-state index is 12.6. The molecule has 132 valence electrons. The first-order valence-electron chi connectivity index (χ1n) is 7.38. The van der Waals surface area contributed by atoms with Crippen molar-refractivity contribution in [3.05, 3.63) is 52.5 Å². The van der Waals surface area contributed by atoms with Gasteiger partial charge < -0.3 is 14.8 Å². The van der Waals surface area contributed by atoms with Gasteiger partial charge in [-0.15, -0.1) is 0 Å². The Morgan fingerprint density at radius 1 is 1.08 bits per heavy atom. The summed E-state index contributed by atoms with van der Waals surface area (Å²) >= 11 is 5.83. The number of rotatable bonds is 3. The molecule has 8 heteroatoms. The maximum Gasteiger partial charge on any atom is 0.416 e. The molecule has 0 aromatic heterocycles. The van der Waals surface area contributed by atoms with E-state index in [0.717, 1.165) is 18.2 Å². The molecule has 0 saturated carbocycles. The number of carbonyl (C=O) groups excluding carboxylic acids is 1. The average molecular weight is 372 g/mol. The molecule has 1 N–H and O–H groups in total. The molecule has 1 heterocycles. The second kappa shape index (κ2) is 6.84. The number of benzene rings is 2. The van der Waals surface area contributed by atoms with Crippen molar-refractivity contribution in [3.8, 4) is 11.5 Å². The Hall–Kier alpha value is -2.41. The Morgan fingerprint density at radius 2 is 1.80 bits per heavy atom. The van der Waals surface area contributed by atoms with Crippen molar-refractivity contribution >= 4 is 23.2 Å². The molecule has 4 nitrogen and oxygen atoms in total. The Bertz CT molecular complexity index is 808. The smallest absolute Gasteiger partial charge is 0.416 e. The van der Waals surface area contributed by atoms with Gasteiger partial charge in [0.2, 0.25) is 5.91 Å². The number of amides is 1. The summed E-state index contributed by atoms with van der Waals surface area (Å²) in [5.74, 6) is 0.767. The van der Waals surface area contributed by atoms with Crippen LogP contribution < -0.4 is 14.8 Å². The number of fused-ring (bicyclic) bond motifs is 1. The number of hydrogen-bond donors (Lipinski definition) is 1. The first kappa shape index (κ1) is 17.4. The normalized spacial score (nSPS) is 13.4. The largest absolute Gasteiger partial charge is 0.486 e. The lowest BCUT2D eigenvalue weighted by Gasteiger charge is -2.18. The number of halogens is 4. The summed E-state index contributed by atoms with van der Waals surface area (Å²) in [6.07, 6.45) is -4.47. The molecule has 0 saturated heterocycles. The van der Waals surface area contributed by atoms with Crippen LogP contribution in [0.4, 0.5) is 18.9 Å². The van der Waals surface area contributed by atoms with Crippen molar-refractivity contribution in [2.24, 2.45) is 0 Å². The standard InChI is InChI=1S/C17H13ClF3NO3/c18-12-9-11(17(19,20)21)2-3-13(12)22-16(23)8-10-1-4-14-15(7-10)25-6-5-24-14/h1-4,7,9H,5-6,8H2,(H,22,23). The van der Waals surface area contributed by atoms with E-state index in [1.807, 2.05) is 0 Å². The van der Waals surface area contributed by atoms with Crippen LogP contribution in [0.15, 0.2) is 36.4 Å². The number of carbonyl (C=O) groups is 1. The molecule has 0 fully saturated rings. The summed E-state index contributed by atoms with van der Waals surface area (Å²) in [6.45, 7) is 0.906. The molecule has 3 rings (SSSR count). The summed E-state index contributed by atoms with van der Waals surface area (Å²) in [6, 6.07) is 7.91. The molecule has 2 aromatic rings. The Labute approximate surface area is 146 Å². The van der Waals surface area contributed by atoms with Crippen LogP contribution in [0.2, 0.25) is 5.02 Å². The van der Waals surface area contributed by atoms with Crippen LogP contribution in [0.3, 0.4) is 0 Å². The van der Waals surface area contributed by atoms with E-state index in [4.69, 9.17) is 21.1 Å². The van der Waals surface area contributed by atoms with Gasteiger partial charge in [-0.1, -0.05) is 17.7 Å². The topological polar surface area (TPSA) is 47.6 Å². The summed E-state index contributed by atoms with van der Waals surface area (Å²) in [5, 5.41) is 2.33. The average Bonchev–Trinajstić information content (AvgIpc) is 2.55. The van der Waals surface area contributed by atoms with Crippen LogP contribution in [-0.2, 0) is 17.4 Å². The molecule has 25 heavy (non-hydrogen) atoms. The van der Waals surface area contributed by atoms with Gasteiger partial charge in [0.25, 0.3) is 0 Å². The van der Waals surface area contributed by atoms with E-state index in [-0.39, 0.29) is 17.1 Å². The molecule has 0 bridgehead atoms. The van der Waals surface area contributed by atoms with Gasteiger partial charge in [-0.25, -0.2) is 0 Å². The molecule has 1 amide bonds. The molecule has 0 aliphatic carbocycles. The minimum atomic E-state index is -4.49. The van der Waals surface area contributed by atoms with E-state index < -0.39 is 17.6 Å². The number of nitrogens with one attached hydrogen (secondary N) is 1. The molecular weight excluding hydrogens is 359 g/mol. The van der Waals surface area contributed by atoms with E-state index in [1.165, 1.54) is 0 Å². The highest BCUT2D eigenvalue weighted by molar-refractivity contribution is 6.33. The fourth-order valence-corrected chi connectivity index (χ4v) is 2.60. The monoisotopic (exact) mass is 371 g/mol. The van der Waals surface area contributed by atoms with Crippen molar-refractivity contribution in [1.82, 2.24) is 0 Å². The third-order valence-corrected chi connectivity index (χ3v) is 3.85. The molecule has 0 spiro atoms. The molecule has 0 atom stereocenters. The van der Waals surface area contributed by atoms with Gasteiger partial charge in [-0.3, -0.25) is 4.79 Å². The summed E-state index contributed by atoms with van der Waals surface area (Å²) in [5.41, 5.74) is -0.0654. The zero-order chi connectivity index (χ0) is 18.0. The van der Waals surface area contributed by atoms with Crippen LogP contribution in [0.25, 0.3) is 0 Å². The highest BCUT2D eigenvalue weighted by atomic mass is 35.5. The predicted molar refractivity (Wildman–Crippen MR) is 86.2 cm³/mol. The number of hydrogen-bond acceptors (Lipinski definition) is 3. The molecule has 1 aliphatic heterocycles. The van der Waals surface area contributed by atoms with Crippen LogP contribution in [0.1, 0.15) is 11.1 Å². The fraction of sp³-hybridized carbons (Fsp3) is 0.235. The zero-order valence-electron chi connectivity index (χ0n) is 12.8.